The SMILES string of the molecule is CCCN1C(=S)NC(c2ccc(OCc3c(F)cccc3Cl)cc2)C(C(C)=O)=C1C. The lowest BCUT2D eigenvalue weighted by atomic mass is 9.92. The molecular formula is C23H24ClFN2O2S. The normalized spacial score (nSPS) is 16.5. The number of rotatable bonds is 7. The lowest BCUT2D eigenvalue weighted by Crippen LogP contribution is -2.47. The van der Waals surface area contributed by atoms with Crippen LogP contribution in [0.2, 0.25) is 5.02 Å². The van der Waals surface area contributed by atoms with Crippen LogP contribution < -0.4 is 10.1 Å². The Morgan fingerprint density at radius 1 is 1.27 bits per heavy atom. The lowest BCUT2D eigenvalue weighted by molar-refractivity contribution is -0.114. The minimum atomic E-state index is -0.401. The second kappa shape index (κ2) is 9.58. The predicted molar refractivity (Wildman–Crippen MR) is 121 cm³/mol. The van der Waals surface area contributed by atoms with Gasteiger partial charge in [-0.1, -0.05) is 36.7 Å². The van der Waals surface area contributed by atoms with E-state index in [1.54, 1.807) is 31.2 Å². The van der Waals surface area contributed by atoms with Crippen molar-refractivity contribution in [3.63, 3.8) is 0 Å². The van der Waals surface area contributed by atoms with Crippen molar-refractivity contribution in [3.8, 4) is 5.75 Å². The summed E-state index contributed by atoms with van der Waals surface area (Å²) in [4.78, 5) is 14.4. The van der Waals surface area contributed by atoms with E-state index in [1.165, 1.54) is 6.07 Å². The third-order valence-corrected chi connectivity index (χ3v) is 5.77. The van der Waals surface area contributed by atoms with E-state index in [-0.39, 0.29) is 18.4 Å². The molecule has 0 aliphatic carbocycles. The summed E-state index contributed by atoms with van der Waals surface area (Å²) in [7, 11) is 0. The van der Waals surface area contributed by atoms with Gasteiger partial charge in [0.25, 0.3) is 0 Å². The highest BCUT2D eigenvalue weighted by Gasteiger charge is 2.31. The smallest absolute Gasteiger partial charge is 0.173 e. The molecule has 2 aromatic carbocycles. The fourth-order valence-corrected chi connectivity index (χ4v) is 4.13. The Bertz CT molecular complexity index is 971. The number of hydrogen-bond donors (Lipinski definition) is 1. The van der Waals surface area contributed by atoms with Crippen molar-refractivity contribution in [2.45, 2.75) is 39.8 Å². The van der Waals surface area contributed by atoms with Crippen LogP contribution in [-0.2, 0) is 11.4 Å². The minimum absolute atomic E-state index is 0.00289. The molecule has 0 fully saturated rings. The molecule has 7 heteroatoms. The summed E-state index contributed by atoms with van der Waals surface area (Å²) < 4.78 is 19.6. The molecule has 1 atom stereocenters. The van der Waals surface area contributed by atoms with Crippen LogP contribution >= 0.6 is 23.8 Å². The topological polar surface area (TPSA) is 41.6 Å². The maximum atomic E-state index is 13.9. The van der Waals surface area contributed by atoms with Crippen LogP contribution in [0.25, 0.3) is 0 Å². The lowest BCUT2D eigenvalue weighted by Gasteiger charge is -2.37. The number of ether oxygens (including phenoxy) is 1. The molecule has 0 amide bonds. The zero-order valence-corrected chi connectivity index (χ0v) is 18.7. The number of carbonyl (C=O) groups is 1. The summed E-state index contributed by atoms with van der Waals surface area (Å²) in [6.45, 7) is 6.36. The third-order valence-electron chi connectivity index (χ3n) is 5.08. The quantitative estimate of drug-likeness (QED) is 0.564. The molecule has 2 aromatic rings. The fraction of sp³-hybridized carbons (Fsp3) is 0.304. The molecule has 0 spiro atoms. The van der Waals surface area contributed by atoms with Gasteiger partial charge in [-0.25, -0.2) is 4.39 Å². The first-order chi connectivity index (χ1) is 14.3. The number of Topliss-reactive ketones (excluding diaryl/α,β-unsaturated/α-hetero) is 1. The number of thiocarbonyl (C=S) groups is 1. The van der Waals surface area contributed by atoms with E-state index in [2.05, 4.69) is 12.2 Å². The van der Waals surface area contributed by atoms with Crippen molar-refractivity contribution in [2.24, 2.45) is 0 Å². The Hall–Kier alpha value is -2.44. The van der Waals surface area contributed by atoms with E-state index < -0.39 is 5.82 Å². The Morgan fingerprint density at radius 3 is 2.57 bits per heavy atom. The summed E-state index contributed by atoms with van der Waals surface area (Å²) in [5.41, 5.74) is 2.79. The average molecular weight is 447 g/mol. The Morgan fingerprint density at radius 2 is 1.97 bits per heavy atom. The second-order valence-corrected chi connectivity index (χ2v) is 7.94. The van der Waals surface area contributed by atoms with Crippen molar-refractivity contribution in [2.75, 3.05) is 6.54 Å². The zero-order valence-electron chi connectivity index (χ0n) is 17.2. The Labute approximate surface area is 186 Å². The second-order valence-electron chi connectivity index (χ2n) is 7.15. The monoisotopic (exact) mass is 446 g/mol. The first-order valence-corrected chi connectivity index (χ1v) is 10.6. The first kappa shape index (κ1) is 22.2. The number of carbonyl (C=O) groups excluding carboxylic acids is 1. The molecule has 158 valence electrons. The molecule has 0 aromatic heterocycles. The molecule has 1 aliphatic heterocycles. The van der Waals surface area contributed by atoms with Crippen molar-refractivity contribution in [1.29, 1.82) is 0 Å². The van der Waals surface area contributed by atoms with Gasteiger partial charge in [0.2, 0.25) is 0 Å². The van der Waals surface area contributed by atoms with E-state index in [4.69, 9.17) is 28.6 Å². The van der Waals surface area contributed by atoms with Gasteiger partial charge >= 0.3 is 0 Å². The van der Waals surface area contributed by atoms with E-state index in [0.29, 0.717) is 27.0 Å². The summed E-state index contributed by atoms with van der Waals surface area (Å²) in [6, 6.07) is 11.6. The average Bonchev–Trinajstić information content (AvgIpc) is 2.70. The standard InChI is InChI=1S/C23H24ClFN2O2S/c1-4-12-27-14(2)21(15(3)28)22(26-23(27)30)16-8-10-17(11-9-16)29-13-18-19(24)6-5-7-20(18)25/h5-11,22H,4,12-13H2,1-3H3,(H,26,30). The number of halogens is 2. The molecular weight excluding hydrogens is 423 g/mol. The number of benzene rings is 2. The molecule has 0 bridgehead atoms. The van der Waals surface area contributed by atoms with E-state index in [0.717, 1.165) is 24.2 Å². The Balaban J connectivity index is 1.81. The molecule has 0 saturated carbocycles. The van der Waals surface area contributed by atoms with Crippen molar-refractivity contribution in [3.05, 3.63) is 75.7 Å². The molecule has 1 aliphatic rings. The largest absolute Gasteiger partial charge is 0.489 e. The fourth-order valence-electron chi connectivity index (χ4n) is 3.56. The molecule has 1 unspecified atom stereocenters. The number of hydrogen-bond acceptors (Lipinski definition) is 3. The predicted octanol–water partition coefficient (Wildman–Crippen LogP) is 5.56. The number of nitrogens with one attached hydrogen (secondary N) is 1. The van der Waals surface area contributed by atoms with Gasteiger partial charge in [-0.15, -0.1) is 0 Å². The van der Waals surface area contributed by atoms with Gasteiger partial charge in [0.05, 0.1) is 11.1 Å². The summed E-state index contributed by atoms with van der Waals surface area (Å²) in [6.07, 6.45) is 0.924. The van der Waals surface area contributed by atoms with Crippen LogP contribution in [-0.4, -0.2) is 22.3 Å². The van der Waals surface area contributed by atoms with E-state index >= 15 is 0 Å². The van der Waals surface area contributed by atoms with Crippen molar-refractivity contribution >= 4 is 34.7 Å². The highest BCUT2D eigenvalue weighted by Crippen LogP contribution is 2.32. The minimum Gasteiger partial charge on any atom is -0.489 e. The molecule has 4 nitrogen and oxygen atoms in total. The van der Waals surface area contributed by atoms with Gasteiger partial charge in [0.15, 0.2) is 10.9 Å². The number of allylic oxidation sites excluding steroid dienone is 1. The summed E-state index contributed by atoms with van der Waals surface area (Å²) in [5.74, 6) is 0.180. The maximum Gasteiger partial charge on any atom is 0.173 e. The van der Waals surface area contributed by atoms with Gasteiger partial charge in [-0.05, 0) is 62.3 Å². The zero-order chi connectivity index (χ0) is 21.8. The molecule has 30 heavy (non-hydrogen) atoms. The maximum absolute atomic E-state index is 13.9. The van der Waals surface area contributed by atoms with Crippen LogP contribution in [0.15, 0.2) is 53.7 Å². The third kappa shape index (κ3) is 4.65. The Kier molecular flexibility index (Phi) is 7.10. The van der Waals surface area contributed by atoms with E-state index in [9.17, 15) is 9.18 Å². The van der Waals surface area contributed by atoms with Gasteiger partial charge < -0.3 is 15.0 Å². The summed E-state index contributed by atoms with van der Waals surface area (Å²) in [5, 5.41) is 4.23. The first-order valence-electron chi connectivity index (χ1n) is 9.78. The molecule has 0 saturated heterocycles. The van der Waals surface area contributed by atoms with Crippen LogP contribution in [0.5, 0.6) is 5.75 Å². The van der Waals surface area contributed by atoms with Crippen LogP contribution in [0.4, 0.5) is 4.39 Å². The van der Waals surface area contributed by atoms with Gasteiger partial charge in [0.1, 0.15) is 18.2 Å². The van der Waals surface area contributed by atoms with Crippen molar-refractivity contribution < 1.29 is 13.9 Å². The summed E-state index contributed by atoms with van der Waals surface area (Å²) >= 11 is 11.6. The molecule has 3 rings (SSSR count). The number of nitrogens with zero attached hydrogens (tertiary/aromatic N) is 1. The van der Waals surface area contributed by atoms with Gasteiger partial charge in [-0.3, -0.25) is 4.79 Å². The molecule has 1 N–H and O–H groups in total. The van der Waals surface area contributed by atoms with Crippen LogP contribution in [0.3, 0.4) is 0 Å². The molecule has 0 radical (unpaired) electrons. The van der Waals surface area contributed by atoms with Crippen LogP contribution in [0.1, 0.15) is 44.4 Å². The van der Waals surface area contributed by atoms with Gasteiger partial charge in [-0.2, -0.15) is 0 Å². The highest BCUT2D eigenvalue weighted by molar-refractivity contribution is 7.80. The molecule has 1 heterocycles. The van der Waals surface area contributed by atoms with E-state index in [1.807, 2.05) is 24.0 Å². The number of ketones is 1. The van der Waals surface area contributed by atoms with Crippen molar-refractivity contribution in [1.82, 2.24) is 10.2 Å². The van der Waals surface area contributed by atoms with Crippen LogP contribution in [0, 0.1) is 5.82 Å². The highest BCUT2D eigenvalue weighted by atomic mass is 35.5. The van der Waals surface area contributed by atoms with Gasteiger partial charge in [0, 0.05) is 23.4 Å².